The number of aromatic amines is 1. The molecule has 0 bridgehead atoms. The first-order valence-electron chi connectivity index (χ1n) is 5.31. The SMILES string of the molecule is COc1cc(-n2c(CO)n[nH]c2=S)c(OC)cc1Cl. The van der Waals surface area contributed by atoms with Crippen molar-refractivity contribution in [2.45, 2.75) is 6.61 Å². The zero-order valence-electron chi connectivity index (χ0n) is 10.3. The first-order valence-corrected chi connectivity index (χ1v) is 6.10. The number of ether oxygens (including phenoxy) is 2. The highest BCUT2D eigenvalue weighted by Gasteiger charge is 2.15. The van der Waals surface area contributed by atoms with Gasteiger partial charge in [0, 0.05) is 12.1 Å². The lowest BCUT2D eigenvalue weighted by Gasteiger charge is -2.13. The monoisotopic (exact) mass is 301 g/mol. The van der Waals surface area contributed by atoms with Gasteiger partial charge >= 0.3 is 0 Å². The smallest absolute Gasteiger partial charge is 0.200 e. The van der Waals surface area contributed by atoms with Crippen LogP contribution in [0.5, 0.6) is 11.5 Å². The van der Waals surface area contributed by atoms with Gasteiger partial charge in [-0.05, 0) is 12.2 Å². The molecule has 0 unspecified atom stereocenters. The highest BCUT2D eigenvalue weighted by molar-refractivity contribution is 7.71. The van der Waals surface area contributed by atoms with E-state index < -0.39 is 0 Å². The van der Waals surface area contributed by atoms with E-state index in [2.05, 4.69) is 10.2 Å². The Balaban J connectivity index is 2.73. The Morgan fingerprint density at radius 3 is 2.63 bits per heavy atom. The lowest BCUT2D eigenvalue weighted by atomic mass is 10.2. The maximum Gasteiger partial charge on any atom is 0.200 e. The van der Waals surface area contributed by atoms with E-state index in [1.54, 1.807) is 16.7 Å². The topological polar surface area (TPSA) is 72.3 Å². The van der Waals surface area contributed by atoms with E-state index in [0.29, 0.717) is 32.8 Å². The maximum absolute atomic E-state index is 9.29. The Morgan fingerprint density at radius 1 is 1.37 bits per heavy atom. The molecule has 0 radical (unpaired) electrons. The average molecular weight is 302 g/mol. The average Bonchev–Trinajstić information content (AvgIpc) is 2.79. The molecule has 2 rings (SSSR count). The number of nitrogens with one attached hydrogen (secondary N) is 1. The van der Waals surface area contributed by atoms with Crippen molar-refractivity contribution >= 4 is 23.8 Å². The molecule has 2 aromatic rings. The molecular weight excluding hydrogens is 290 g/mol. The predicted octanol–water partition coefficient (Wildman–Crippen LogP) is 2.09. The van der Waals surface area contributed by atoms with Gasteiger partial charge < -0.3 is 14.6 Å². The van der Waals surface area contributed by atoms with Crippen molar-refractivity contribution < 1.29 is 14.6 Å². The molecule has 0 aliphatic heterocycles. The van der Waals surface area contributed by atoms with E-state index in [-0.39, 0.29) is 6.61 Å². The van der Waals surface area contributed by atoms with Crippen LogP contribution >= 0.6 is 23.8 Å². The largest absolute Gasteiger partial charge is 0.495 e. The molecule has 0 amide bonds. The Hall–Kier alpha value is -1.57. The van der Waals surface area contributed by atoms with E-state index in [1.807, 2.05) is 0 Å². The number of hydrogen-bond acceptors (Lipinski definition) is 5. The minimum atomic E-state index is -0.263. The van der Waals surface area contributed by atoms with Crippen molar-refractivity contribution in [3.8, 4) is 17.2 Å². The third-order valence-corrected chi connectivity index (χ3v) is 3.15. The van der Waals surface area contributed by atoms with Crippen LogP contribution in [-0.2, 0) is 6.61 Å². The zero-order valence-corrected chi connectivity index (χ0v) is 11.9. The second-order valence-corrected chi connectivity index (χ2v) is 4.39. The van der Waals surface area contributed by atoms with Gasteiger partial charge in [0.1, 0.15) is 18.1 Å². The van der Waals surface area contributed by atoms with Gasteiger partial charge in [0.25, 0.3) is 0 Å². The summed E-state index contributed by atoms with van der Waals surface area (Å²) < 4.78 is 12.3. The summed E-state index contributed by atoms with van der Waals surface area (Å²) >= 11 is 11.2. The molecule has 0 saturated carbocycles. The van der Waals surface area contributed by atoms with Crippen LogP contribution in [0.1, 0.15) is 5.82 Å². The van der Waals surface area contributed by atoms with Gasteiger partial charge in [-0.2, -0.15) is 5.10 Å². The molecule has 19 heavy (non-hydrogen) atoms. The van der Waals surface area contributed by atoms with Gasteiger partial charge in [0.2, 0.25) is 0 Å². The highest BCUT2D eigenvalue weighted by Crippen LogP contribution is 2.35. The number of aliphatic hydroxyl groups excluding tert-OH is 1. The molecule has 8 heteroatoms. The van der Waals surface area contributed by atoms with Crippen molar-refractivity contribution in [3.05, 3.63) is 27.8 Å². The molecular formula is C11H12ClN3O3S. The van der Waals surface area contributed by atoms with Gasteiger partial charge in [0.05, 0.1) is 24.9 Å². The minimum absolute atomic E-state index is 0.263. The number of benzene rings is 1. The van der Waals surface area contributed by atoms with E-state index in [0.717, 1.165) is 0 Å². The van der Waals surface area contributed by atoms with Gasteiger partial charge in [-0.1, -0.05) is 11.6 Å². The van der Waals surface area contributed by atoms with Crippen LogP contribution in [-0.4, -0.2) is 34.1 Å². The van der Waals surface area contributed by atoms with Crippen LogP contribution in [0.25, 0.3) is 5.69 Å². The molecule has 0 aliphatic rings. The number of halogens is 1. The number of H-pyrrole nitrogens is 1. The number of hydrogen-bond donors (Lipinski definition) is 2. The molecule has 1 heterocycles. The summed E-state index contributed by atoms with van der Waals surface area (Å²) in [7, 11) is 3.03. The summed E-state index contributed by atoms with van der Waals surface area (Å²) in [5.41, 5.74) is 0.589. The summed E-state index contributed by atoms with van der Waals surface area (Å²) in [4.78, 5) is 0. The van der Waals surface area contributed by atoms with Gasteiger partial charge in [-0.15, -0.1) is 0 Å². The van der Waals surface area contributed by atoms with Gasteiger partial charge in [-0.25, -0.2) is 0 Å². The highest BCUT2D eigenvalue weighted by atomic mass is 35.5. The van der Waals surface area contributed by atoms with Crippen LogP contribution in [0.15, 0.2) is 12.1 Å². The molecule has 6 nitrogen and oxygen atoms in total. The van der Waals surface area contributed by atoms with Crippen LogP contribution in [0.2, 0.25) is 5.02 Å². The van der Waals surface area contributed by atoms with Crippen LogP contribution < -0.4 is 9.47 Å². The van der Waals surface area contributed by atoms with Crippen molar-refractivity contribution in [1.29, 1.82) is 0 Å². The first kappa shape index (κ1) is 13.9. The standard InChI is InChI=1S/C11H12ClN3O3S/c1-17-8-4-7(9(18-2)3-6(8)12)15-10(5-16)13-14-11(15)19/h3-4,16H,5H2,1-2H3,(H,14,19). The third-order valence-electron chi connectivity index (χ3n) is 2.58. The molecule has 0 aliphatic carbocycles. The van der Waals surface area contributed by atoms with Crippen molar-refractivity contribution in [2.75, 3.05) is 14.2 Å². The maximum atomic E-state index is 9.29. The molecule has 1 aromatic heterocycles. The summed E-state index contributed by atoms with van der Waals surface area (Å²) in [6, 6.07) is 3.29. The normalized spacial score (nSPS) is 10.5. The Kier molecular flexibility index (Phi) is 4.08. The number of rotatable bonds is 4. The van der Waals surface area contributed by atoms with Gasteiger partial charge in [0.15, 0.2) is 10.6 Å². The second kappa shape index (κ2) is 5.60. The fraction of sp³-hybridized carbons (Fsp3) is 0.273. The molecule has 0 spiro atoms. The molecule has 1 aromatic carbocycles. The fourth-order valence-electron chi connectivity index (χ4n) is 1.70. The fourth-order valence-corrected chi connectivity index (χ4v) is 2.18. The van der Waals surface area contributed by atoms with E-state index in [9.17, 15) is 5.11 Å². The molecule has 102 valence electrons. The number of nitrogens with zero attached hydrogens (tertiary/aromatic N) is 2. The summed E-state index contributed by atoms with van der Waals surface area (Å²) in [6.45, 7) is -0.263. The second-order valence-electron chi connectivity index (χ2n) is 3.60. The van der Waals surface area contributed by atoms with Crippen LogP contribution in [0, 0.1) is 4.77 Å². The molecule has 2 N–H and O–H groups in total. The summed E-state index contributed by atoms with van der Waals surface area (Å²) in [5, 5.41) is 16.3. The van der Waals surface area contributed by atoms with Crippen molar-refractivity contribution in [2.24, 2.45) is 0 Å². The predicted molar refractivity (Wildman–Crippen MR) is 72.8 cm³/mol. The molecule has 0 saturated heterocycles. The lowest BCUT2D eigenvalue weighted by molar-refractivity contribution is 0.268. The molecule has 0 fully saturated rings. The van der Waals surface area contributed by atoms with E-state index in [1.165, 1.54) is 14.2 Å². The Bertz CT molecular complexity index is 653. The summed E-state index contributed by atoms with van der Waals surface area (Å²) in [6.07, 6.45) is 0. The Morgan fingerprint density at radius 2 is 2.05 bits per heavy atom. The molecule has 0 atom stereocenters. The zero-order chi connectivity index (χ0) is 14.0. The number of aromatic nitrogens is 3. The third kappa shape index (κ3) is 2.44. The first-order chi connectivity index (χ1) is 9.12. The number of methoxy groups -OCH3 is 2. The number of aliphatic hydroxyl groups is 1. The quantitative estimate of drug-likeness (QED) is 0.846. The lowest BCUT2D eigenvalue weighted by Crippen LogP contribution is -2.04. The van der Waals surface area contributed by atoms with Gasteiger partial charge in [-0.3, -0.25) is 9.67 Å². The van der Waals surface area contributed by atoms with E-state index >= 15 is 0 Å². The van der Waals surface area contributed by atoms with Crippen LogP contribution in [0.3, 0.4) is 0 Å². The van der Waals surface area contributed by atoms with Crippen molar-refractivity contribution in [3.63, 3.8) is 0 Å². The minimum Gasteiger partial charge on any atom is -0.495 e. The summed E-state index contributed by atoms with van der Waals surface area (Å²) in [5.74, 6) is 1.34. The van der Waals surface area contributed by atoms with E-state index in [4.69, 9.17) is 33.3 Å². The van der Waals surface area contributed by atoms with Crippen LogP contribution in [0.4, 0.5) is 0 Å². The Labute approximate surface area is 119 Å². The van der Waals surface area contributed by atoms with Crippen molar-refractivity contribution in [1.82, 2.24) is 14.8 Å².